The summed E-state index contributed by atoms with van der Waals surface area (Å²) in [5, 5.41) is 10.5. The van der Waals surface area contributed by atoms with Gasteiger partial charge in [-0.2, -0.15) is 0 Å². The number of rotatable bonds is 5. The average Bonchev–Trinajstić information content (AvgIpc) is 3.23. The van der Waals surface area contributed by atoms with E-state index < -0.39 is 0 Å². The van der Waals surface area contributed by atoms with E-state index in [9.17, 15) is 5.11 Å². The number of benzene rings is 1. The molecule has 0 bridgehead atoms. The Balaban J connectivity index is 1.22. The van der Waals surface area contributed by atoms with Crippen molar-refractivity contribution in [3.05, 3.63) is 35.9 Å². The minimum atomic E-state index is -0.163. The van der Waals surface area contributed by atoms with Crippen LogP contribution >= 0.6 is 0 Å². The highest BCUT2D eigenvalue weighted by Gasteiger charge is 2.57. The quantitative estimate of drug-likeness (QED) is 0.899. The van der Waals surface area contributed by atoms with E-state index in [2.05, 4.69) is 29.2 Å². The maximum atomic E-state index is 10.5. The number of aliphatic hydroxyl groups excluding tert-OH is 1. The lowest BCUT2D eigenvalue weighted by atomic mass is 9.79. The van der Waals surface area contributed by atoms with E-state index >= 15 is 0 Å². The van der Waals surface area contributed by atoms with E-state index in [4.69, 9.17) is 0 Å². The van der Waals surface area contributed by atoms with Crippen molar-refractivity contribution in [1.29, 1.82) is 0 Å². The fourth-order valence-electron chi connectivity index (χ4n) is 4.79. The predicted molar refractivity (Wildman–Crippen MR) is 89.7 cm³/mol. The number of aliphatic hydroxyl groups is 1. The molecule has 0 unspecified atom stereocenters. The Kier molecular flexibility index (Phi) is 4.00. The van der Waals surface area contributed by atoms with Gasteiger partial charge in [0.15, 0.2) is 0 Å². The van der Waals surface area contributed by atoms with Crippen LogP contribution in [0.2, 0.25) is 0 Å². The highest BCUT2D eigenvalue weighted by atomic mass is 16.3. The summed E-state index contributed by atoms with van der Waals surface area (Å²) in [6.45, 7) is 3.73. The number of hydrogen-bond acceptors (Lipinski definition) is 2. The van der Waals surface area contributed by atoms with Crippen molar-refractivity contribution in [2.75, 3.05) is 19.6 Å². The SMILES string of the molecule is O[C@H](Cc1ccccc1)C1CCN(C[C@H]2CC23CCC3)CC1. The molecule has 120 valence electrons. The fourth-order valence-corrected chi connectivity index (χ4v) is 4.79. The first-order valence-electron chi connectivity index (χ1n) is 9.20. The van der Waals surface area contributed by atoms with Crippen LogP contribution in [0.15, 0.2) is 30.3 Å². The molecule has 1 saturated heterocycles. The summed E-state index contributed by atoms with van der Waals surface area (Å²) >= 11 is 0. The van der Waals surface area contributed by atoms with E-state index in [-0.39, 0.29) is 6.10 Å². The Morgan fingerprint density at radius 1 is 1.14 bits per heavy atom. The molecule has 2 atom stereocenters. The van der Waals surface area contributed by atoms with Crippen LogP contribution in [0.1, 0.15) is 44.1 Å². The van der Waals surface area contributed by atoms with Crippen LogP contribution in [0.3, 0.4) is 0 Å². The summed E-state index contributed by atoms with van der Waals surface area (Å²) in [4.78, 5) is 2.67. The molecule has 1 spiro atoms. The molecular weight excluding hydrogens is 270 g/mol. The third-order valence-corrected chi connectivity index (χ3v) is 6.65. The number of hydrogen-bond donors (Lipinski definition) is 1. The Hall–Kier alpha value is -0.860. The molecule has 1 aliphatic heterocycles. The largest absolute Gasteiger partial charge is 0.392 e. The van der Waals surface area contributed by atoms with Crippen LogP contribution in [-0.2, 0) is 6.42 Å². The van der Waals surface area contributed by atoms with Gasteiger partial charge in [0.1, 0.15) is 0 Å². The lowest BCUT2D eigenvalue weighted by molar-refractivity contribution is 0.0559. The van der Waals surface area contributed by atoms with Gasteiger partial charge in [-0.1, -0.05) is 36.8 Å². The van der Waals surface area contributed by atoms with Crippen molar-refractivity contribution in [2.24, 2.45) is 17.3 Å². The van der Waals surface area contributed by atoms with Crippen LogP contribution < -0.4 is 0 Å². The van der Waals surface area contributed by atoms with Gasteiger partial charge in [-0.15, -0.1) is 0 Å². The van der Waals surface area contributed by atoms with Crippen LogP contribution in [0.5, 0.6) is 0 Å². The van der Waals surface area contributed by atoms with Gasteiger partial charge in [0.2, 0.25) is 0 Å². The molecule has 4 rings (SSSR count). The zero-order valence-corrected chi connectivity index (χ0v) is 13.6. The van der Waals surface area contributed by atoms with Crippen LogP contribution in [0.4, 0.5) is 0 Å². The van der Waals surface area contributed by atoms with Gasteiger partial charge in [-0.25, -0.2) is 0 Å². The summed E-state index contributed by atoms with van der Waals surface area (Å²) in [6, 6.07) is 10.4. The molecule has 0 amide bonds. The van der Waals surface area contributed by atoms with Crippen LogP contribution in [0, 0.1) is 17.3 Å². The number of likely N-dealkylation sites (tertiary alicyclic amines) is 1. The minimum Gasteiger partial charge on any atom is -0.392 e. The van der Waals surface area contributed by atoms with Gasteiger partial charge >= 0.3 is 0 Å². The highest BCUT2D eigenvalue weighted by Crippen LogP contribution is 2.65. The molecule has 0 aromatic heterocycles. The van der Waals surface area contributed by atoms with E-state index in [0.717, 1.165) is 17.8 Å². The van der Waals surface area contributed by atoms with E-state index in [1.165, 1.54) is 63.7 Å². The third kappa shape index (κ3) is 2.96. The first-order valence-corrected chi connectivity index (χ1v) is 9.20. The Bertz CT molecular complexity index is 488. The van der Waals surface area contributed by atoms with Crippen LogP contribution in [-0.4, -0.2) is 35.7 Å². The van der Waals surface area contributed by atoms with Crippen molar-refractivity contribution in [3.8, 4) is 0 Å². The monoisotopic (exact) mass is 299 g/mol. The average molecular weight is 299 g/mol. The summed E-state index contributed by atoms with van der Waals surface area (Å²) in [5.41, 5.74) is 2.08. The normalized spacial score (nSPS) is 29.2. The molecule has 2 saturated carbocycles. The number of piperidine rings is 1. The molecule has 3 fully saturated rings. The molecule has 1 aromatic rings. The van der Waals surface area contributed by atoms with Gasteiger partial charge in [0.25, 0.3) is 0 Å². The Morgan fingerprint density at radius 3 is 2.45 bits per heavy atom. The number of nitrogens with zero attached hydrogens (tertiary/aromatic N) is 1. The predicted octanol–water partition coefficient (Wildman–Crippen LogP) is 3.49. The summed E-state index contributed by atoms with van der Waals surface area (Å²) in [5.74, 6) is 1.50. The van der Waals surface area contributed by atoms with E-state index in [0.29, 0.717) is 5.92 Å². The zero-order chi connectivity index (χ0) is 15.0. The smallest absolute Gasteiger partial charge is 0.0609 e. The van der Waals surface area contributed by atoms with Gasteiger partial charge in [0, 0.05) is 6.54 Å². The van der Waals surface area contributed by atoms with Crippen molar-refractivity contribution in [2.45, 2.75) is 51.0 Å². The zero-order valence-electron chi connectivity index (χ0n) is 13.6. The second kappa shape index (κ2) is 5.98. The highest BCUT2D eigenvalue weighted by molar-refractivity contribution is 5.15. The van der Waals surface area contributed by atoms with Gasteiger partial charge in [-0.05, 0) is 74.4 Å². The van der Waals surface area contributed by atoms with Gasteiger partial charge < -0.3 is 10.0 Å². The van der Waals surface area contributed by atoms with Crippen molar-refractivity contribution >= 4 is 0 Å². The van der Waals surface area contributed by atoms with E-state index in [1.807, 2.05) is 6.07 Å². The van der Waals surface area contributed by atoms with Crippen molar-refractivity contribution < 1.29 is 5.11 Å². The Morgan fingerprint density at radius 2 is 1.86 bits per heavy atom. The standard InChI is InChI=1S/C20H29NO/c22-19(13-16-5-2-1-3-6-16)17-7-11-21(12-8-17)15-18-14-20(18)9-4-10-20/h1-3,5-6,17-19,22H,4,7-15H2/t18-,19-/m1/s1. The summed E-state index contributed by atoms with van der Waals surface area (Å²) < 4.78 is 0. The van der Waals surface area contributed by atoms with E-state index in [1.54, 1.807) is 0 Å². The molecule has 22 heavy (non-hydrogen) atoms. The van der Waals surface area contributed by atoms with Gasteiger partial charge in [-0.3, -0.25) is 0 Å². The summed E-state index contributed by atoms with van der Waals surface area (Å²) in [7, 11) is 0. The van der Waals surface area contributed by atoms with Crippen LogP contribution in [0.25, 0.3) is 0 Å². The molecule has 2 nitrogen and oxygen atoms in total. The molecule has 3 aliphatic rings. The third-order valence-electron chi connectivity index (χ3n) is 6.65. The topological polar surface area (TPSA) is 23.5 Å². The molecule has 2 aliphatic carbocycles. The van der Waals surface area contributed by atoms with Crippen molar-refractivity contribution in [3.63, 3.8) is 0 Å². The van der Waals surface area contributed by atoms with Crippen molar-refractivity contribution in [1.82, 2.24) is 4.90 Å². The molecule has 1 N–H and O–H groups in total. The first kappa shape index (κ1) is 14.7. The fraction of sp³-hybridized carbons (Fsp3) is 0.700. The Labute approximate surface area is 134 Å². The maximum Gasteiger partial charge on any atom is 0.0609 e. The molecular formula is C20H29NO. The lowest BCUT2D eigenvalue weighted by Gasteiger charge is -2.35. The first-order chi connectivity index (χ1) is 10.8. The molecule has 0 radical (unpaired) electrons. The summed E-state index contributed by atoms with van der Waals surface area (Å²) in [6.07, 6.45) is 8.99. The molecule has 1 heterocycles. The second-order valence-corrected chi connectivity index (χ2v) is 8.01. The minimum absolute atomic E-state index is 0.163. The lowest BCUT2D eigenvalue weighted by Crippen LogP contribution is -2.40. The van der Waals surface area contributed by atoms with Gasteiger partial charge in [0.05, 0.1) is 6.10 Å². The molecule has 2 heteroatoms. The molecule has 1 aromatic carbocycles. The maximum absolute atomic E-state index is 10.5. The second-order valence-electron chi connectivity index (χ2n) is 8.01.